The molecule has 6 heteroatoms. The molecule has 1 aromatic rings. The van der Waals surface area contributed by atoms with Gasteiger partial charge in [-0.05, 0) is 24.3 Å². The van der Waals surface area contributed by atoms with Crippen molar-refractivity contribution < 1.29 is 8.42 Å². The van der Waals surface area contributed by atoms with Crippen molar-refractivity contribution in [2.75, 3.05) is 0 Å². The molecule has 84 valence electrons. The number of nitrogens with two attached hydrogens (primary N) is 1. The van der Waals surface area contributed by atoms with E-state index in [1.165, 1.54) is 11.3 Å². The fourth-order valence-corrected chi connectivity index (χ4v) is 4.14. The standard InChI is InChI=1S/C9H14N2O2S2/c10-7-3-1-4-8(7)11-15(12,13)9-5-2-6-14-9/h2,5-8,11H,1,3-4,10H2. The lowest BCUT2D eigenvalue weighted by Gasteiger charge is -2.16. The van der Waals surface area contributed by atoms with Crippen molar-refractivity contribution in [3.63, 3.8) is 0 Å². The van der Waals surface area contributed by atoms with Crippen LogP contribution in [0.1, 0.15) is 19.3 Å². The minimum Gasteiger partial charge on any atom is -0.326 e. The Morgan fingerprint density at radius 2 is 2.27 bits per heavy atom. The van der Waals surface area contributed by atoms with Gasteiger partial charge in [-0.2, -0.15) is 0 Å². The number of thiophene rings is 1. The van der Waals surface area contributed by atoms with Crippen LogP contribution in [0.15, 0.2) is 21.7 Å². The summed E-state index contributed by atoms with van der Waals surface area (Å²) in [6.07, 6.45) is 2.74. The van der Waals surface area contributed by atoms with Gasteiger partial charge in [0.05, 0.1) is 0 Å². The van der Waals surface area contributed by atoms with E-state index in [1.54, 1.807) is 17.5 Å². The van der Waals surface area contributed by atoms with Gasteiger partial charge in [-0.15, -0.1) is 11.3 Å². The summed E-state index contributed by atoms with van der Waals surface area (Å²) in [7, 11) is -3.34. The van der Waals surface area contributed by atoms with E-state index in [1.807, 2.05) is 0 Å². The molecule has 0 aliphatic heterocycles. The lowest BCUT2D eigenvalue weighted by molar-refractivity contribution is 0.523. The van der Waals surface area contributed by atoms with Crippen molar-refractivity contribution in [1.82, 2.24) is 4.72 Å². The fourth-order valence-electron chi connectivity index (χ4n) is 1.81. The van der Waals surface area contributed by atoms with Gasteiger partial charge in [0.1, 0.15) is 4.21 Å². The van der Waals surface area contributed by atoms with E-state index in [-0.39, 0.29) is 12.1 Å². The van der Waals surface area contributed by atoms with Crippen molar-refractivity contribution in [2.45, 2.75) is 35.6 Å². The van der Waals surface area contributed by atoms with E-state index in [0.29, 0.717) is 4.21 Å². The lowest BCUT2D eigenvalue weighted by atomic mass is 10.2. The number of rotatable bonds is 3. The predicted molar refractivity (Wildman–Crippen MR) is 60.3 cm³/mol. The zero-order valence-corrected chi connectivity index (χ0v) is 9.85. The van der Waals surface area contributed by atoms with E-state index < -0.39 is 10.0 Å². The molecule has 2 unspecified atom stereocenters. The number of sulfonamides is 1. The highest BCUT2D eigenvalue weighted by molar-refractivity contribution is 7.91. The van der Waals surface area contributed by atoms with Crippen LogP contribution in [0, 0.1) is 0 Å². The lowest BCUT2D eigenvalue weighted by Crippen LogP contribution is -2.43. The largest absolute Gasteiger partial charge is 0.326 e. The molecule has 0 saturated heterocycles. The highest BCUT2D eigenvalue weighted by atomic mass is 32.2. The van der Waals surface area contributed by atoms with Crippen molar-refractivity contribution in [2.24, 2.45) is 5.73 Å². The Morgan fingerprint density at radius 3 is 2.80 bits per heavy atom. The summed E-state index contributed by atoms with van der Waals surface area (Å²) in [4.78, 5) is 0. The molecule has 1 aromatic heterocycles. The van der Waals surface area contributed by atoms with Crippen molar-refractivity contribution in [3.8, 4) is 0 Å². The summed E-state index contributed by atoms with van der Waals surface area (Å²) < 4.78 is 26.7. The third-order valence-electron chi connectivity index (χ3n) is 2.64. The van der Waals surface area contributed by atoms with Crippen molar-refractivity contribution in [1.29, 1.82) is 0 Å². The molecule has 4 nitrogen and oxygen atoms in total. The van der Waals surface area contributed by atoms with Crippen LogP contribution in [-0.4, -0.2) is 20.5 Å². The normalized spacial score (nSPS) is 27.0. The Balaban J connectivity index is 2.11. The van der Waals surface area contributed by atoms with Gasteiger partial charge in [0.15, 0.2) is 0 Å². The number of nitrogens with one attached hydrogen (secondary N) is 1. The Kier molecular flexibility index (Phi) is 3.11. The number of hydrogen-bond acceptors (Lipinski definition) is 4. The molecule has 0 bridgehead atoms. The van der Waals surface area contributed by atoms with Gasteiger partial charge < -0.3 is 5.73 Å². The first-order valence-electron chi connectivity index (χ1n) is 4.91. The highest BCUT2D eigenvalue weighted by Gasteiger charge is 2.28. The van der Waals surface area contributed by atoms with Crippen LogP contribution in [0.25, 0.3) is 0 Å². The van der Waals surface area contributed by atoms with Crippen LogP contribution in [0.2, 0.25) is 0 Å². The van der Waals surface area contributed by atoms with E-state index in [4.69, 9.17) is 5.73 Å². The van der Waals surface area contributed by atoms with E-state index in [0.717, 1.165) is 19.3 Å². The van der Waals surface area contributed by atoms with Gasteiger partial charge in [0, 0.05) is 12.1 Å². The molecule has 1 aliphatic carbocycles. The average Bonchev–Trinajstić information content (AvgIpc) is 2.77. The van der Waals surface area contributed by atoms with E-state index >= 15 is 0 Å². The Morgan fingerprint density at radius 1 is 1.47 bits per heavy atom. The van der Waals surface area contributed by atoms with Crippen LogP contribution in [0.3, 0.4) is 0 Å². The quantitative estimate of drug-likeness (QED) is 0.832. The third kappa shape index (κ3) is 2.39. The molecule has 3 N–H and O–H groups in total. The first-order chi connectivity index (χ1) is 7.09. The second kappa shape index (κ2) is 4.21. The second-order valence-electron chi connectivity index (χ2n) is 3.75. The zero-order chi connectivity index (χ0) is 10.9. The Bertz CT molecular complexity index is 413. The maximum absolute atomic E-state index is 11.8. The molecule has 0 radical (unpaired) electrons. The molecule has 1 saturated carbocycles. The monoisotopic (exact) mass is 246 g/mol. The summed E-state index contributed by atoms with van der Waals surface area (Å²) in [6, 6.07) is 3.19. The molecule has 15 heavy (non-hydrogen) atoms. The maximum atomic E-state index is 11.8. The molecule has 1 aliphatic rings. The van der Waals surface area contributed by atoms with Gasteiger partial charge in [0.25, 0.3) is 0 Å². The van der Waals surface area contributed by atoms with E-state index in [9.17, 15) is 8.42 Å². The SMILES string of the molecule is NC1CCCC1NS(=O)(=O)c1cccs1. The number of hydrogen-bond donors (Lipinski definition) is 2. The first-order valence-corrected chi connectivity index (χ1v) is 7.27. The average molecular weight is 246 g/mol. The van der Waals surface area contributed by atoms with Crippen LogP contribution in [0.4, 0.5) is 0 Å². The molecule has 0 amide bonds. The molecule has 1 heterocycles. The Labute approximate surface area is 93.5 Å². The minimum atomic E-state index is -3.34. The van der Waals surface area contributed by atoms with Gasteiger partial charge in [0.2, 0.25) is 10.0 Å². The third-order valence-corrected chi connectivity index (χ3v) is 5.52. The summed E-state index contributed by atoms with van der Waals surface area (Å²) in [5.41, 5.74) is 5.82. The van der Waals surface area contributed by atoms with Crippen LogP contribution in [-0.2, 0) is 10.0 Å². The van der Waals surface area contributed by atoms with Gasteiger partial charge >= 0.3 is 0 Å². The first kappa shape index (κ1) is 11.1. The molecule has 0 aromatic carbocycles. The van der Waals surface area contributed by atoms with Crippen LogP contribution < -0.4 is 10.5 Å². The summed E-state index contributed by atoms with van der Waals surface area (Å²) in [5.74, 6) is 0. The molecule has 2 atom stereocenters. The van der Waals surface area contributed by atoms with Crippen LogP contribution >= 0.6 is 11.3 Å². The van der Waals surface area contributed by atoms with Gasteiger partial charge in [-0.25, -0.2) is 13.1 Å². The summed E-state index contributed by atoms with van der Waals surface area (Å²) >= 11 is 1.22. The molecule has 2 rings (SSSR count). The topological polar surface area (TPSA) is 72.2 Å². The van der Waals surface area contributed by atoms with Crippen LogP contribution in [0.5, 0.6) is 0 Å². The molecule has 1 fully saturated rings. The maximum Gasteiger partial charge on any atom is 0.250 e. The molecular weight excluding hydrogens is 232 g/mol. The van der Waals surface area contributed by atoms with Gasteiger partial charge in [-0.3, -0.25) is 0 Å². The summed E-state index contributed by atoms with van der Waals surface area (Å²) in [5, 5.41) is 1.75. The van der Waals surface area contributed by atoms with E-state index in [2.05, 4.69) is 4.72 Å². The van der Waals surface area contributed by atoms with Crippen molar-refractivity contribution >= 4 is 21.4 Å². The second-order valence-corrected chi connectivity index (χ2v) is 6.64. The van der Waals surface area contributed by atoms with Crippen molar-refractivity contribution in [3.05, 3.63) is 17.5 Å². The fraction of sp³-hybridized carbons (Fsp3) is 0.556. The molecular formula is C9H14N2O2S2. The molecule has 0 spiro atoms. The summed E-state index contributed by atoms with van der Waals surface area (Å²) in [6.45, 7) is 0. The Hall–Kier alpha value is -0.430. The highest BCUT2D eigenvalue weighted by Crippen LogP contribution is 2.21. The minimum absolute atomic E-state index is 0.0419. The zero-order valence-electron chi connectivity index (χ0n) is 8.22. The predicted octanol–water partition coefficient (Wildman–Crippen LogP) is 0.906. The smallest absolute Gasteiger partial charge is 0.250 e. The van der Waals surface area contributed by atoms with Gasteiger partial charge in [-0.1, -0.05) is 12.5 Å².